The summed E-state index contributed by atoms with van der Waals surface area (Å²) in [6.45, 7) is -2.24. The van der Waals surface area contributed by atoms with Crippen LogP contribution >= 0.6 is 15.9 Å². The summed E-state index contributed by atoms with van der Waals surface area (Å²) in [4.78, 5) is 3.79. The molecule has 0 spiro atoms. The van der Waals surface area contributed by atoms with E-state index in [2.05, 4.69) is 25.7 Å². The normalized spacial score (nSPS) is 11.7. The summed E-state index contributed by atoms with van der Waals surface area (Å²) in [6, 6.07) is 3.15. The smallest absolute Gasteiger partial charge is 0.312 e. The molecule has 0 atom stereocenters. The van der Waals surface area contributed by atoms with E-state index in [-0.39, 0.29) is 0 Å². The lowest BCUT2D eigenvalue weighted by atomic mass is 10.4. The Bertz CT molecular complexity index is 291. The van der Waals surface area contributed by atoms with Gasteiger partial charge in [-0.1, -0.05) is 0 Å². The van der Waals surface area contributed by atoms with Crippen LogP contribution in [0.1, 0.15) is 5.69 Å². The van der Waals surface area contributed by atoms with Gasteiger partial charge in [-0.2, -0.15) is 8.78 Å². The van der Waals surface area contributed by atoms with Crippen LogP contribution in [-0.2, 0) is 11.3 Å². The molecule has 0 saturated heterocycles. The van der Waals surface area contributed by atoms with Crippen molar-refractivity contribution in [1.82, 2.24) is 4.98 Å². The molecule has 0 fully saturated rings. The molecule has 0 N–H and O–H groups in total. The van der Waals surface area contributed by atoms with Gasteiger partial charge in [-0.25, -0.2) is 4.39 Å². The molecule has 2 nitrogen and oxygen atoms in total. The van der Waals surface area contributed by atoms with E-state index in [1.807, 2.05) is 0 Å². The number of pyridine rings is 1. The number of hydrogen-bond acceptors (Lipinski definition) is 2. The van der Waals surface area contributed by atoms with Gasteiger partial charge in [-0.05, 0) is 28.1 Å². The average molecular weight is 270 g/mol. The van der Waals surface area contributed by atoms with Crippen molar-refractivity contribution in [3.63, 3.8) is 0 Å². The Hall–Kier alpha value is -0.620. The third-order valence-corrected chi connectivity index (χ3v) is 1.84. The molecule has 0 saturated carbocycles. The first-order valence-corrected chi connectivity index (χ1v) is 4.51. The number of alkyl halides is 3. The number of ether oxygens (including phenoxy) is 1. The summed E-state index contributed by atoms with van der Waals surface area (Å²) >= 11 is 3.14. The maximum absolute atomic E-state index is 12.3. The van der Waals surface area contributed by atoms with Crippen molar-refractivity contribution in [2.75, 3.05) is 6.67 Å². The third kappa shape index (κ3) is 3.63. The molecule has 6 heteroatoms. The van der Waals surface area contributed by atoms with Crippen molar-refractivity contribution < 1.29 is 17.9 Å². The van der Waals surface area contributed by atoms with E-state index in [9.17, 15) is 13.2 Å². The number of hydrogen-bond donors (Lipinski definition) is 0. The zero-order valence-electron chi connectivity index (χ0n) is 7.01. The second kappa shape index (κ2) is 4.75. The highest BCUT2D eigenvalue weighted by Crippen LogP contribution is 2.18. The molecule has 1 aromatic heterocycles. The Morgan fingerprint density at radius 1 is 1.43 bits per heavy atom. The summed E-state index contributed by atoms with van der Waals surface area (Å²) in [7, 11) is 0. The van der Waals surface area contributed by atoms with Crippen LogP contribution in [0.3, 0.4) is 0 Å². The highest BCUT2D eigenvalue weighted by atomic mass is 79.9. The minimum absolute atomic E-state index is 0.321. The zero-order valence-corrected chi connectivity index (χ0v) is 8.60. The highest BCUT2D eigenvalue weighted by Gasteiger charge is 2.29. The lowest BCUT2D eigenvalue weighted by Crippen LogP contribution is -2.23. The molecule has 0 amide bonds. The van der Waals surface area contributed by atoms with Crippen LogP contribution in [0.5, 0.6) is 0 Å². The van der Waals surface area contributed by atoms with Crippen molar-refractivity contribution in [1.29, 1.82) is 0 Å². The Kier molecular flexibility index (Phi) is 3.88. The van der Waals surface area contributed by atoms with Crippen molar-refractivity contribution in [3.8, 4) is 0 Å². The molecular formula is C8H7BrF3NO. The standard InChI is InChI=1S/C8H7BrF3NO/c9-6-1-2-7(13-3-6)4-14-8(11,12)5-10/h1-3H,4-5H2. The fourth-order valence-electron chi connectivity index (χ4n) is 0.710. The maximum Gasteiger partial charge on any atom is 0.384 e. The number of aromatic nitrogens is 1. The van der Waals surface area contributed by atoms with Crippen molar-refractivity contribution >= 4 is 15.9 Å². The summed E-state index contributed by atoms with van der Waals surface area (Å²) in [5, 5.41) is 0. The summed E-state index contributed by atoms with van der Waals surface area (Å²) in [6.07, 6.45) is -2.28. The van der Waals surface area contributed by atoms with Crippen molar-refractivity contribution in [2.45, 2.75) is 12.7 Å². The Balaban J connectivity index is 2.50. The fourth-order valence-corrected chi connectivity index (χ4v) is 0.944. The fraction of sp³-hybridized carbons (Fsp3) is 0.375. The van der Waals surface area contributed by atoms with Gasteiger partial charge in [-0.3, -0.25) is 4.98 Å². The molecular weight excluding hydrogens is 263 g/mol. The van der Waals surface area contributed by atoms with Crippen LogP contribution in [0.25, 0.3) is 0 Å². The van der Waals surface area contributed by atoms with E-state index >= 15 is 0 Å². The lowest BCUT2D eigenvalue weighted by molar-refractivity contribution is -0.253. The second-order valence-corrected chi connectivity index (χ2v) is 3.44. The minimum Gasteiger partial charge on any atom is -0.312 e. The molecule has 0 aliphatic heterocycles. The molecule has 1 heterocycles. The predicted octanol–water partition coefficient (Wildman–Crippen LogP) is 2.92. The van der Waals surface area contributed by atoms with Gasteiger partial charge in [0.25, 0.3) is 0 Å². The summed E-state index contributed by atoms with van der Waals surface area (Å²) < 4.78 is 41.0. The van der Waals surface area contributed by atoms with E-state index in [0.717, 1.165) is 4.47 Å². The van der Waals surface area contributed by atoms with Gasteiger partial charge in [0, 0.05) is 10.7 Å². The molecule has 14 heavy (non-hydrogen) atoms. The first-order valence-electron chi connectivity index (χ1n) is 3.72. The largest absolute Gasteiger partial charge is 0.384 e. The highest BCUT2D eigenvalue weighted by molar-refractivity contribution is 9.10. The van der Waals surface area contributed by atoms with Gasteiger partial charge in [0.15, 0.2) is 6.67 Å². The predicted molar refractivity (Wildman–Crippen MR) is 47.6 cm³/mol. The van der Waals surface area contributed by atoms with E-state index in [0.29, 0.717) is 5.69 Å². The third-order valence-electron chi connectivity index (χ3n) is 1.38. The van der Waals surface area contributed by atoms with E-state index in [1.165, 1.54) is 12.3 Å². The van der Waals surface area contributed by atoms with E-state index in [4.69, 9.17) is 0 Å². The van der Waals surface area contributed by atoms with Crippen LogP contribution in [0.4, 0.5) is 13.2 Å². The minimum atomic E-state index is -3.73. The van der Waals surface area contributed by atoms with E-state index < -0.39 is 19.4 Å². The molecule has 1 aromatic rings. The second-order valence-electron chi connectivity index (χ2n) is 2.53. The van der Waals surface area contributed by atoms with Crippen molar-refractivity contribution in [3.05, 3.63) is 28.5 Å². The van der Waals surface area contributed by atoms with Gasteiger partial charge >= 0.3 is 6.11 Å². The Morgan fingerprint density at radius 2 is 2.14 bits per heavy atom. The molecule has 0 aromatic carbocycles. The number of nitrogens with zero attached hydrogens (tertiary/aromatic N) is 1. The van der Waals surface area contributed by atoms with Crippen LogP contribution in [0.2, 0.25) is 0 Å². The molecule has 0 aliphatic carbocycles. The van der Waals surface area contributed by atoms with Crippen LogP contribution < -0.4 is 0 Å². The van der Waals surface area contributed by atoms with Gasteiger partial charge in [0.1, 0.15) is 0 Å². The van der Waals surface area contributed by atoms with Gasteiger partial charge in [0.2, 0.25) is 0 Å². The van der Waals surface area contributed by atoms with Crippen LogP contribution in [-0.4, -0.2) is 17.8 Å². The van der Waals surface area contributed by atoms with Crippen LogP contribution in [0.15, 0.2) is 22.8 Å². The molecule has 0 radical (unpaired) electrons. The first-order chi connectivity index (χ1) is 6.53. The monoisotopic (exact) mass is 269 g/mol. The quantitative estimate of drug-likeness (QED) is 0.839. The molecule has 0 bridgehead atoms. The SMILES string of the molecule is FCC(F)(F)OCc1ccc(Br)cn1. The van der Waals surface area contributed by atoms with E-state index in [1.54, 1.807) is 6.07 Å². The Labute approximate surface area is 87.2 Å². The maximum atomic E-state index is 12.3. The molecule has 0 aliphatic rings. The molecule has 1 rings (SSSR count). The molecule has 78 valence electrons. The number of halogens is 4. The van der Waals surface area contributed by atoms with Crippen molar-refractivity contribution in [2.24, 2.45) is 0 Å². The van der Waals surface area contributed by atoms with Gasteiger partial charge in [-0.15, -0.1) is 0 Å². The molecule has 0 unspecified atom stereocenters. The lowest BCUT2D eigenvalue weighted by Gasteiger charge is -2.12. The van der Waals surface area contributed by atoms with Gasteiger partial charge < -0.3 is 4.74 Å². The topological polar surface area (TPSA) is 22.1 Å². The summed E-state index contributed by atoms with van der Waals surface area (Å²) in [5.41, 5.74) is 0.321. The zero-order chi connectivity index (χ0) is 10.6. The summed E-state index contributed by atoms with van der Waals surface area (Å²) in [5.74, 6) is 0. The van der Waals surface area contributed by atoms with Gasteiger partial charge in [0.05, 0.1) is 12.3 Å². The average Bonchev–Trinajstić information content (AvgIpc) is 2.17. The Morgan fingerprint density at radius 3 is 2.64 bits per heavy atom. The van der Waals surface area contributed by atoms with Crippen LogP contribution in [0, 0.1) is 0 Å². The number of rotatable bonds is 4. The first kappa shape index (κ1) is 11.5.